The molecule has 0 radical (unpaired) electrons. The molecule has 0 aliphatic heterocycles. The number of hydrogen-bond acceptors (Lipinski definition) is 4. The highest BCUT2D eigenvalue weighted by Gasteiger charge is 2.40. The fraction of sp³-hybridized carbons (Fsp3) is 0.846. The first-order valence-corrected chi connectivity index (χ1v) is 6.79. The molecule has 18 heavy (non-hydrogen) atoms. The summed E-state index contributed by atoms with van der Waals surface area (Å²) in [7, 11) is 1.96. The Morgan fingerprint density at radius 1 is 1.50 bits per heavy atom. The van der Waals surface area contributed by atoms with Gasteiger partial charge in [0, 0.05) is 12.1 Å². The van der Waals surface area contributed by atoms with E-state index in [2.05, 4.69) is 15.4 Å². The van der Waals surface area contributed by atoms with E-state index >= 15 is 0 Å². The SMILES string of the molecule is CNC1(CO)CCCC1CCn1nc(C)nc1C. The lowest BCUT2D eigenvalue weighted by atomic mass is 9.85. The number of nitrogens with zero attached hydrogens (tertiary/aromatic N) is 3. The number of likely N-dealkylation sites (N-methyl/N-ethyl adjacent to an activating group) is 1. The third-order valence-electron chi connectivity index (χ3n) is 4.39. The Bertz CT molecular complexity index is 398. The minimum absolute atomic E-state index is 0.0798. The molecule has 1 fully saturated rings. The Morgan fingerprint density at radius 3 is 2.83 bits per heavy atom. The number of aliphatic hydroxyl groups excluding tert-OH is 1. The van der Waals surface area contributed by atoms with E-state index in [4.69, 9.17) is 0 Å². The van der Waals surface area contributed by atoms with Crippen LogP contribution in [0.15, 0.2) is 0 Å². The van der Waals surface area contributed by atoms with Crippen molar-refractivity contribution >= 4 is 0 Å². The topological polar surface area (TPSA) is 63.0 Å². The predicted molar refractivity (Wildman–Crippen MR) is 70.3 cm³/mol. The minimum atomic E-state index is -0.0798. The highest BCUT2D eigenvalue weighted by atomic mass is 16.3. The average molecular weight is 252 g/mol. The first-order chi connectivity index (χ1) is 8.61. The van der Waals surface area contributed by atoms with Crippen molar-refractivity contribution in [2.45, 2.75) is 51.6 Å². The van der Waals surface area contributed by atoms with Gasteiger partial charge in [-0.05, 0) is 46.1 Å². The van der Waals surface area contributed by atoms with Crippen LogP contribution in [-0.4, -0.2) is 39.1 Å². The third-order valence-corrected chi connectivity index (χ3v) is 4.39. The first-order valence-electron chi connectivity index (χ1n) is 6.79. The molecular weight excluding hydrogens is 228 g/mol. The summed E-state index contributed by atoms with van der Waals surface area (Å²) < 4.78 is 1.98. The van der Waals surface area contributed by atoms with E-state index in [1.54, 1.807) is 0 Å². The van der Waals surface area contributed by atoms with Gasteiger partial charge < -0.3 is 10.4 Å². The van der Waals surface area contributed by atoms with Crippen molar-refractivity contribution in [2.24, 2.45) is 5.92 Å². The van der Waals surface area contributed by atoms with Gasteiger partial charge >= 0.3 is 0 Å². The van der Waals surface area contributed by atoms with Gasteiger partial charge in [0.25, 0.3) is 0 Å². The van der Waals surface area contributed by atoms with Crippen LogP contribution < -0.4 is 5.32 Å². The zero-order valence-electron chi connectivity index (χ0n) is 11.6. The number of aliphatic hydroxyl groups is 1. The lowest BCUT2D eigenvalue weighted by Crippen LogP contribution is -2.49. The third kappa shape index (κ3) is 2.42. The van der Waals surface area contributed by atoms with Crippen molar-refractivity contribution < 1.29 is 5.11 Å². The van der Waals surface area contributed by atoms with Crippen molar-refractivity contribution in [1.29, 1.82) is 0 Å². The molecule has 0 spiro atoms. The molecule has 0 amide bonds. The zero-order chi connectivity index (χ0) is 13.2. The van der Waals surface area contributed by atoms with Crippen LogP contribution in [0.1, 0.15) is 37.3 Å². The maximum absolute atomic E-state index is 9.65. The standard InChI is InChI=1S/C13H24N4O/c1-10-15-11(2)17(16-10)8-6-12-5-4-7-13(12,9-18)14-3/h12,14,18H,4-9H2,1-3H3. The van der Waals surface area contributed by atoms with E-state index in [0.29, 0.717) is 5.92 Å². The van der Waals surface area contributed by atoms with Gasteiger partial charge in [-0.1, -0.05) is 6.42 Å². The van der Waals surface area contributed by atoms with Crippen LogP contribution in [0, 0.1) is 19.8 Å². The minimum Gasteiger partial charge on any atom is -0.394 e. The molecule has 1 aliphatic rings. The predicted octanol–water partition coefficient (Wildman–Crippen LogP) is 1.04. The van der Waals surface area contributed by atoms with Crippen LogP contribution in [0.3, 0.4) is 0 Å². The van der Waals surface area contributed by atoms with E-state index in [1.807, 2.05) is 25.6 Å². The monoisotopic (exact) mass is 252 g/mol. The Labute approximate surface area is 109 Å². The molecule has 2 N–H and O–H groups in total. The maximum Gasteiger partial charge on any atom is 0.147 e. The summed E-state index contributed by atoms with van der Waals surface area (Å²) in [5.74, 6) is 2.34. The van der Waals surface area contributed by atoms with Crippen molar-refractivity contribution in [3.05, 3.63) is 11.6 Å². The Hall–Kier alpha value is -0.940. The lowest BCUT2D eigenvalue weighted by Gasteiger charge is -2.33. The van der Waals surface area contributed by atoms with Gasteiger partial charge in [-0.2, -0.15) is 5.10 Å². The van der Waals surface area contributed by atoms with Crippen molar-refractivity contribution in [2.75, 3.05) is 13.7 Å². The van der Waals surface area contributed by atoms with Gasteiger partial charge in [0.05, 0.1) is 6.61 Å². The molecule has 0 aromatic carbocycles. The van der Waals surface area contributed by atoms with Crippen LogP contribution in [-0.2, 0) is 6.54 Å². The van der Waals surface area contributed by atoms with Gasteiger partial charge in [-0.3, -0.25) is 4.68 Å². The highest BCUT2D eigenvalue weighted by molar-refractivity contribution is 4.98. The van der Waals surface area contributed by atoms with Crippen molar-refractivity contribution in [3.63, 3.8) is 0 Å². The molecule has 5 nitrogen and oxygen atoms in total. The molecule has 0 bridgehead atoms. The largest absolute Gasteiger partial charge is 0.394 e. The Kier molecular flexibility index (Phi) is 4.02. The number of nitrogens with one attached hydrogen (secondary N) is 1. The fourth-order valence-electron chi connectivity index (χ4n) is 3.23. The number of aryl methyl sites for hydroxylation is 3. The quantitative estimate of drug-likeness (QED) is 0.822. The van der Waals surface area contributed by atoms with Crippen molar-refractivity contribution in [1.82, 2.24) is 20.1 Å². The molecule has 102 valence electrons. The Balaban J connectivity index is 1.99. The summed E-state index contributed by atoms with van der Waals surface area (Å²) in [6.45, 7) is 5.03. The molecule has 5 heteroatoms. The van der Waals surface area contributed by atoms with E-state index in [-0.39, 0.29) is 12.1 Å². The smallest absolute Gasteiger partial charge is 0.147 e. The summed E-state index contributed by atoms with van der Waals surface area (Å²) in [6, 6.07) is 0. The molecule has 1 aromatic rings. The summed E-state index contributed by atoms with van der Waals surface area (Å²) in [6.07, 6.45) is 4.50. The first kappa shape index (κ1) is 13.5. The van der Waals surface area contributed by atoms with Gasteiger partial charge in [0.1, 0.15) is 11.6 Å². The maximum atomic E-state index is 9.65. The molecule has 2 rings (SSSR count). The number of rotatable bonds is 5. The molecule has 1 aliphatic carbocycles. The van der Waals surface area contributed by atoms with Crippen molar-refractivity contribution in [3.8, 4) is 0 Å². The van der Waals surface area contributed by atoms with Crippen LogP contribution in [0.5, 0.6) is 0 Å². The normalized spacial score (nSPS) is 27.9. The number of aromatic nitrogens is 3. The van der Waals surface area contributed by atoms with Gasteiger partial charge in [-0.25, -0.2) is 4.98 Å². The van der Waals surface area contributed by atoms with Crippen LogP contribution in [0.2, 0.25) is 0 Å². The van der Waals surface area contributed by atoms with Crippen LogP contribution in [0.25, 0.3) is 0 Å². The molecule has 1 heterocycles. The second-order valence-electron chi connectivity index (χ2n) is 5.37. The Morgan fingerprint density at radius 2 is 2.28 bits per heavy atom. The fourth-order valence-corrected chi connectivity index (χ4v) is 3.23. The van der Waals surface area contributed by atoms with E-state index in [0.717, 1.165) is 31.0 Å². The van der Waals surface area contributed by atoms with E-state index < -0.39 is 0 Å². The summed E-state index contributed by atoms with van der Waals surface area (Å²) in [5, 5.41) is 17.4. The molecule has 2 unspecified atom stereocenters. The zero-order valence-corrected chi connectivity index (χ0v) is 11.6. The highest BCUT2D eigenvalue weighted by Crippen LogP contribution is 2.37. The van der Waals surface area contributed by atoms with Gasteiger partial charge in [0.2, 0.25) is 0 Å². The van der Waals surface area contributed by atoms with Gasteiger partial charge in [0.15, 0.2) is 0 Å². The average Bonchev–Trinajstić information content (AvgIpc) is 2.90. The van der Waals surface area contributed by atoms with E-state index in [9.17, 15) is 5.11 Å². The number of hydrogen-bond donors (Lipinski definition) is 2. The molecule has 2 atom stereocenters. The molecule has 0 saturated heterocycles. The van der Waals surface area contributed by atoms with Crippen LogP contribution in [0.4, 0.5) is 0 Å². The summed E-state index contributed by atoms with van der Waals surface area (Å²) in [5.41, 5.74) is -0.0798. The van der Waals surface area contributed by atoms with Crippen LogP contribution >= 0.6 is 0 Å². The summed E-state index contributed by atoms with van der Waals surface area (Å²) >= 11 is 0. The second-order valence-corrected chi connectivity index (χ2v) is 5.37. The van der Waals surface area contributed by atoms with Gasteiger partial charge in [-0.15, -0.1) is 0 Å². The van der Waals surface area contributed by atoms with E-state index in [1.165, 1.54) is 12.8 Å². The second kappa shape index (κ2) is 5.36. The lowest BCUT2D eigenvalue weighted by molar-refractivity contribution is 0.124. The molecule has 1 aromatic heterocycles. The molecular formula is C13H24N4O. The summed E-state index contributed by atoms with van der Waals surface area (Å²) in [4.78, 5) is 4.32. The molecule has 1 saturated carbocycles.